The van der Waals surface area contributed by atoms with Crippen molar-refractivity contribution in [1.82, 2.24) is 4.98 Å². The first-order chi connectivity index (χ1) is 15.6. The number of aryl methyl sites for hydroxylation is 1. The van der Waals surface area contributed by atoms with Gasteiger partial charge in [-0.1, -0.05) is 36.4 Å². The molecule has 32 heavy (non-hydrogen) atoms. The number of nitro groups is 1. The molecule has 158 valence electrons. The van der Waals surface area contributed by atoms with Crippen LogP contribution in [0.4, 0.5) is 11.4 Å². The van der Waals surface area contributed by atoms with Gasteiger partial charge in [-0.15, -0.1) is 11.3 Å². The summed E-state index contributed by atoms with van der Waals surface area (Å²) < 4.78 is 1.20. The van der Waals surface area contributed by atoms with E-state index in [1.807, 2.05) is 12.1 Å². The Labute approximate surface area is 189 Å². The molecule has 3 aromatic carbocycles. The van der Waals surface area contributed by atoms with Crippen LogP contribution in [-0.4, -0.2) is 9.91 Å². The van der Waals surface area contributed by atoms with Gasteiger partial charge in [0.25, 0.3) is 5.69 Å². The molecule has 1 aromatic heterocycles. The normalized spacial score (nSPS) is 21.2. The van der Waals surface area contributed by atoms with Crippen LogP contribution < -0.4 is 5.32 Å². The summed E-state index contributed by atoms with van der Waals surface area (Å²) in [7, 11) is 0. The number of nitrogens with one attached hydrogen (secondary N) is 1. The maximum absolute atomic E-state index is 11.7. The molecule has 6 rings (SSSR count). The predicted molar refractivity (Wildman–Crippen MR) is 129 cm³/mol. The summed E-state index contributed by atoms with van der Waals surface area (Å²) in [6.07, 6.45) is 5.37. The van der Waals surface area contributed by atoms with Crippen LogP contribution in [0.3, 0.4) is 0 Å². The lowest BCUT2D eigenvalue weighted by Gasteiger charge is -2.37. The molecule has 6 heteroatoms. The predicted octanol–water partition coefficient (Wildman–Crippen LogP) is 7.01. The zero-order valence-corrected chi connectivity index (χ0v) is 18.3. The van der Waals surface area contributed by atoms with E-state index in [1.54, 1.807) is 23.5 Å². The second-order valence-electron chi connectivity index (χ2n) is 8.58. The highest BCUT2D eigenvalue weighted by Gasteiger charge is 2.40. The Hall–Kier alpha value is -3.51. The van der Waals surface area contributed by atoms with Gasteiger partial charge in [0.1, 0.15) is 5.01 Å². The molecule has 5 nitrogen and oxygen atoms in total. The first-order valence-corrected chi connectivity index (χ1v) is 11.6. The number of nitro benzene ring substituents is 1. The molecule has 3 atom stereocenters. The van der Waals surface area contributed by atoms with Crippen LogP contribution >= 0.6 is 11.3 Å². The summed E-state index contributed by atoms with van der Waals surface area (Å²) >= 11 is 1.72. The number of fused-ring (bicyclic) bond motifs is 4. The average Bonchev–Trinajstić information content (AvgIpc) is 3.45. The smallest absolute Gasteiger partial charge is 0.274 e. The highest BCUT2D eigenvalue weighted by Crippen LogP contribution is 2.51. The van der Waals surface area contributed by atoms with Gasteiger partial charge in [0.15, 0.2) is 0 Å². The minimum atomic E-state index is -0.276. The second kappa shape index (κ2) is 7.28. The van der Waals surface area contributed by atoms with Gasteiger partial charge in [-0.25, -0.2) is 4.98 Å². The lowest BCUT2D eigenvalue weighted by molar-refractivity contribution is -0.385. The summed E-state index contributed by atoms with van der Waals surface area (Å²) in [5, 5.41) is 16.3. The Kier molecular flexibility index (Phi) is 4.36. The van der Waals surface area contributed by atoms with Crippen molar-refractivity contribution in [2.75, 3.05) is 5.32 Å². The van der Waals surface area contributed by atoms with Crippen molar-refractivity contribution in [3.63, 3.8) is 0 Å². The molecule has 1 aliphatic heterocycles. The quantitative estimate of drug-likeness (QED) is 0.212. The van der Waals surface area contributed by atoms with Crippen molar-refractivity contribution in [2.45, 2.75) is 25.3 Å². The summed E-state index contributed by atoms with van der Waals surface area (Å²) in [5.41, 5.74) is 6.61. The maximum atomic E-state index is 11.7. The molecule has 0 bridgehead atoms. The minimum absolute atomic E-state index is 0.0969. The van der Waals surface area contributed by atoms with Crippen LogP contribution in [-0.2, 0) is 0 Å². The van der Waals surface area contributed by atoms with E-state index in [9.17, 15) is 10.1 Å². The van der Waals surface area contributed by atoms with Gasteiger partial charge in [0.05, 0.1) is 26.7 Å². The van der Waals surface area contributed by atoms with E-state index < -0.39 is 0 Å². The molecule has 1 N–H and O–H groups in total. The first kappa shape index (κ1) is 19.2. The third kappa shape index (κ3) is 3.02. The van der Waals surface area contributed by atoms with Crippen molar-refractivity contribution < 1.29 is 4.92 Å². The van der Waals surface area contributed by atoms with Crippen molar-refractivity contribution in [1.29, 1.82) is 0 Å². The van der Waals surface area contributed by atoms with E-state index in [0.29, 0.717) is 0 Å². The summed E-state index contributed by atoms with van der Waals surface area (Å²) in [6, 6.07) is 19.8. The fraction of sp³-hybridized carbons (Fsp3) is 0.192. The summed E-state index contributed by atoms with van der Waals surface area (Å²) in [4.78, 5) is 16.2. The number of benzene rings is 3. The Morgan fingerprint density at radius 3 is 2.84 bits per heavy atom. The molecule has 0 saturated carbocycles. The van der Waals surface area contributed by atoms with E-state index in [0.717, 1.165) is 33.8 Å². The fourth-order valence-corrected chi connectivity index (χ4v) is 6.17. The van der Waals surface area contributed by atoms with Crippen molar-refractivity contribution in [2.24, 2.45) is 5.92 Å². The monoisotopic (exact) mass is 439 g/mol. The zero-order chi connectivity index (χ0) is 21.8. The number of thiazole rings is 1. The number of para-hydroxylation sites is 1. The third-order valence-corrected chi connectivity index (χ3v) is 7.69. The lowest BCUT2D eigenvalue weighted by atomic mass is 9.76. The second-order valence-corrected chi connectivity index (χ2v) is 9.61. The molecule has 0 saturated heterocycles. The van der Waals surface area contributed by atoms with Gasteiger partial charge in [0, 0.05) is 23.2 Å². The number of anilines is 1. The Balaban J connectivity index is 1.42. The van der Waals surface area contributed by atoms with Gasteiger partial charge in [-0.3, -0.25) is 10.1 Å². The fourth-order valence-electron chi connectivity index (χ4n) is 5.11. The number of rotatable bonds is 3. The van der Waals surface area contributed by atoms with Crippen LogP contribution in [0, 0.1) is 23.0 Å². The summed E-state index contributed by atoms with van der Waals surface area (Å²) in [5.74, 6) is 0.476. The Morgan fingerprint density at radius 2 is 1.97 bits per heavy atom. The number of hydrogen-bond acceptors (Lipinski definition) is 5. The van der Waals surface area contributed by atoms with Gasteiger partial charge in [0.2, 0.25) is 0 Å². The van der Waals surface area contributed by atoms with Crippen LogP contribution in [0.1, 0.15) is 35.1 Å². The van der Waals surface area contributed by atoms with E-state index in [1.165, 1.54) is 15.8 Å². The Morgan fingerprint density at radius 1 is 1.09 bits per heavy atom. The highest BCUT2D eigenvalue weighted by atomic mass is 32.1. The Bertz CT molecular complexity index is 1410. The number of aromatic nitrogens is 1. The highest BCUT2D eigenvalue weighted by molar-refractivity contribution is 7.21. The number of allylic oxidation sites excluding steroid dienone is 2. The molecular weight excluding hydrogens is 418 g/mol. The topological polar surface area (TPSA) is 68.1 Å². The molecular formula is C26H21N3O2S. The molecule has 2 heterocycles. The minimum Gasteiger partial charge on any atom is -0.377 e. The standard InChI is InChI=1S/C26H21N3O2S/c1-15-9-11-22-24(13-15)32-26(28-22)16-10-12-21-20(14-16)17-6-4-7-18(17)25(27-21)19-5-2-3-8-23(19)29(30)31/h2-6,8-14,17-18,25,27H,7H2,1H3/t17-,18+,25-/m1/s1. The first-order valence-electron chi connectivity index (χ1n) is 10.8. The van der Waals surface area contributed by atoms with Crippen LogP contribution in [0.25, 0.3) is 20.8 Å². The van der Waals surface area contributed by atoms with Gasteiger partial charge < -0.3 is 5.32 Å². The molecule has 0 amide bonds. The van der Waals surface area contributed by atoms with Crippen LogP contribution in [0.2, 0.25) is 0 Å². The van der Waals surface area contributed by atoms with Crippen molar-refractivity contribution in [3.8, 4) is 10.6 Å². The van der Waals surface area contributed by atoms with E-state index in [4.69, 9.17) is 4.98 Å². The lowest BCUT2D eigenvalue weighted by Crippen LogP contribution is -2.29. The van der Waals surface area contributed by atoms with E-state index >= 15 is 0 Å². The zero-order valence-electron chi connectivity index (χ0n) is 17.5. The van der Waals surface area contributed by atoms with Gasteiger partial charge in [-0.05, 0) is 60.7 Å². The molecule has 2 aliphatic rings. The number of nitrogens with zero attached hydrogens (tertiary/aromatic N) is 2. The van der Waals surface area contributed by atoms with Crippen LogP contribution in [0.5, 0.6) is 0 Å². The van der Waals surface area contributed by atoms with Crippen molar-refractivity contribution >= 4 is 32.9 Å². The van der Waals surface area contributed by atoms with Crippen molar-refractivity contribution in [3.05, 3.63) is 99.6 Å². The maximum Gasteiger partial charge on any atom is 0.274 e. The molecule has 0 spiro atoms. The summed E-state index contributed by atoms with van der Waals surface area (Å²) in [6.45, 7) is 2.10. The molecule has 0 radical (unpaired) electrons. The van der Waals surface area contributed by atoms with Crippen LogP contribution in [0.15, 0.2) is 72.8 Å². The molecule has 4 aromatic rings. The largest absolute Gasteiger partial charge is 0.377 e. The number of hydrogen-bond donors (Lipinski definition) is 1. The SMILES string of the molecule is Cc1ccc2nc(-c3ccc4c(c3)[C@@H]3C=CC[C@@H]3[C@H](c3ccccc3[N+](=O)[O-])N4)sc2c1. The molecule has 0 fully saturated rings. The average molecular weight is 440 g/mol. The van der Waals surface area contributed by atoms with E-state index in [-0.39, 0.29) is 28.5 Å². The van der Waals surface area contributed by atoms with Gasteiger partial charge >= 0.3 is 0 Å². The van der Waals surface area contributed by atoms with Gasteiger partial charge in [-0.2, -0.15) is 0 Å². The molecule has 0 unspecified atom stereocenters. The third-order valence-electron chi connectivity index (χ3n) is 6.62. The van der Waals surface area contributed by atoms with E-state index in [2.05, 4.69) is 60.8 Å². The molecule has 1 aliphatic carbocycles.